The first-order valence-corrected chi connectivity index (χ1v) is 8.99. The lowest BCUT2D eigenvalue weighted by Crippen LogP contribution is -2.46. The van der Waals surface area contributed by atoms with Crippen LogP contribution in [0, 0.1) is 5.92 Å². The zero-order valence-corrected chi connectivity index (χ0v) is 13.3. The van der Waals surface area contributed by atoms with E-state index in [9.17, 15) is 8.42 Å². The Morgan fingerprint density at radius 2 is 2.19 bits per heavy atom. The van der Waals surface area contributed by atoms with E-state index < -0.39 is 10.2 Å². The molecule has 2 rings (SSSR count). The second kappa shape index (κ2) is 7.88. The summed E-state index contributed by atoms with van der Waals surface area (Å²) in [6.07, 6.45) is 6.25. The van der Waals surface area contributed by atoms with E-state index in [1.54, 1.807) is 12.4 Å². The van der Waals surface area contributed by atoms with Crippen LogP contribution in [-0.2, 0) is 16.8 Å². The maximum Gasteiger partial charge on any atom is 0.279 e. The van der Waals surface area contributed by atoms with E-state index in [1.807, 2.05) is 0 Å². The van der Waals surface area contributed by atoms with E-state index in [0.29, 0.717) is 24.8 Å². The van der Waals surface area contributed by atoms with Crippen LogP contribution in [-0.4, -0.2) is 48.9 Å². The van der Waals surface area contributed by atoms with Gasteiger partial charge >= 0.3 is 0 Å². The summed E-state index contributed by atoms with van der Waals surface area (Å²) in [4.78, 5) is 6.89. The third kappa shape index (κ3) is 5.06. The van der Waals surface area contributed by atoms with Gasteiger partial charge in [-0.15, -0.1) is 0 Å². The number of hydrogen-bond donors (Lipinski definition) is 3. The lowest BCUT2D eigenvalue weighted by Gasteiger charge is -2.31. The molecule has 7 nitrogen and oxygen atoms in total. The van der Waals surface area contributed by atoms with Crippen LogP contribution in [0.15, 0.2) is 12.4 Å². The number of nitrogens with zero attached hydrogens (tertiary/aromatic N) is 2. The second-order valence-corrected chi connectivity index (χ2v) is 7.16. The number of hydrogen-bond acceptors (Lipinski definition) is 4. The third-order valence-corrected chi connectivity index (χ3v) is 5.30. The summed E-state index contributed by atoms with van der Waals surface area (Å²) in [5.74, 6) is 1.20. The van der Waals surface area contributed by atoms with Crippen molar-refractivity contribution >= 4 is 10.2 Å². The zero-order chi connectivity index (χ0) is 15.1. The molecule has 2 heterocycles. The average Bonchev–Trinajstić information content (AvgIpc) is 3.00. The highest BCUT2D eigenvalue weighted by Gasteiger charge is 2.27. The molecule has 0 unspecified atom stereocenters. The highest BCUT2D eigenvalue weighted by atomic mass is 32.2. The predicted octanol–water partition coefficient (Wildman–Crippen LogP) is 0.456. The third-order valence-electron chi connectivity index (χ3n) is 3.75. The summed E-state index contributed by atoms with van der Waals surface area (Å²) in [6.45, 7) is 5.54. The van der Waals surface area contributed by atoms with Crippen molar-refractivity contribution in [1.82, 2.24) is 24.3 Å². The quantitative estimate of drug-likeness (QED) is 0.608. The van der Waals surface area contributed by atoms with Crippen LogP contribution < -0.4 is 10.0 Å². The lowest BCUT2D eigenvalue weighted by atomic mass is 9.98. The van der Waals surface area contributed by atoms with Gasteiger partial charge in [0.15, 0.2) is 0 Å². The largest absolute Gasteiger partial charge is 0.347 e. The highest BCUT2D eigenvalue weighted by Crippen LogP contribution is 2.18. The van der Waals surface area contributed by atoms with Gasteiger partial charge in [0.25, 0.3) is 10.2 Å². The first-order chi connectivity index (χ1) is 10.1. The van der Waals surface area contributed by atoms with Gasteiger partial charge < -0.3 is 10.3 Å². The van der Waals surface area contributed by atoms with Crippen molar-refractivity contribution in [2.24, 2.45) is 5.92 Å². The van der Waals surface area contributed by atoms with E-state index >= 15 is 0 Å². The van der Waals surface area contributed by atoms with Crippen molar-refractivity contribution in [1.29, 1.82) is 0 Å². The fourth-order valence-corrected chi connectivity index (χ4v) is 3.68. The molecule has 1 aliphatic heterocycles. The maximum absolute atomic E-state index is 12.2. The number of piperidine rings is 1. The lowest BCUT2D eigenvalue weighted by molar-refractivity contribution is 0.265. The maximum atomic E-state index is 12.2. The van der Waals surface area contributed by atoms with Crippen LogP contribution in [0.25, 0.3) is 0 Å². The first kappa shape index (κ1) is 16.4. The van der Waals surface area contributed by atoms with Crippen LogP contribution in [0.3, 0.4) is 0 Å². The summed E-state index contributed by atoms with van der Waals surface area (Å²) < 4.78 is 28.5. The molecule has 1 fully saturated rings. The van der Waals surface area contributed by atoms with Crippen molar-refractivity contribution in [2.75, 3.05) is 26.2 Å². The van der Waals surface area contributed by atoms with Crippen molar-refractivity contribution in [3.05, 3.63) is 18.2 Å². The molecule has 0 aliphatic carbocycles. The Bertz CT molecular complexity index is 495. The van der Waals surface area contributed by atoms with Crippen molar-refractivity contribution < 1.29 is 8.42 Å². The molecule has 0 radical (unpaired) electrons. The normalized spacial score (nSPS) is 18.1. The number of aromatic nitrogens is 2. The van der Waals surface area contributed by atoms with Gasteiger partial charge in [0, 0.05) is 25.5 Å². The van der Waals surface area contributed by atoms with E-state index in [-0.39, 0.29) is 6.54 Å². The van der Waals surface area contributed by atoms with Gasteiger partial charge in [-0.3, -0.25) is 0 Å². The molecule has 0 bridgehead atoms. The molecular weight excluding hydrogens is 290 g/mol. The SMILES string of the molecule is CCCNCC1CCN(S(=O)(=O)NCc2ncc[nH]2)CC1. The molecule has 1 aromatic heterocycles. The van der Waals surface area contributed by atoms with Gasteiger partial charge in [-0.25, -0.2) is 4.98 Å². The number of aromatic amines is 1. The molecule has 1 aliphatic rings. The van der Waals surface area contributed by atoms with Gasteiger partial charge in [0.1, 0.15) is 5.82 Å². The van der Waals surface area contributed by atoms with E-state index in [1.165, 1.54) is 4.31 Å². The Labute approximate surface area is 126 Å². The molecule has 0 saturated carbocycles. The van der Waals surface area contributed by atoms with Crippen LogP contribution in [0.4, 0.5) is 0 Å². The van der Waals surface area contributed by atoms with Gasteiger partial charge in [-0.2, -0.15) is 17.4 Å². The molecule has 0 atom stereocenters. The summed E-state index contributed by atoms with van der Waals surface area (Å²) in [6, 6.07) is 0. The molecule has 3 N–H and O–H groups in total. The van der Waals surface area contributed by atoms with E-state index in [4.69, 9.17) is 0 Å². The van der Waals surface area contributed by atoms with Gasteiger partial charge in [-0.05, 0) is 38.3 Å². The molecule has 8 heteroatoms. The van der Waals surface area contributed by atoms with Crippen LogP contribution in [0.2, 0.25) is 0 Å². The van der Waals surface area contributed by atoms with E-state index in [2.05, 4.69) is 26.9 Å². The number of rotatable bonds is 8. The zero-order valence-electron chi connectivity index (χ0n) is 12.5. The van der Waals surface area contributed by atoms with E-state index in [0.717, 1.165) is 32.4 Å². The molecule has 120 valence electrons. The Morgan fingerprint density at radius 1 is 1.43 bits per heavy atom. The minimum atomic E-state index is -3.41. The number of H-pyrrole nitrogens is 1. The van der Waals surface area contributed by atoms with Crippen LogP contribution in [0.5, 0.6) is 0 Å². The second-order valence-electron chi connectivity index (χ2n) is 5.41. The van der Waals surface area contributed by atoms with Gasteiger partial charge in [0.05, 0.1) is 6.54 Å². The van der Waals surface area contributed by atoms with Crippen LogP contribution in [0.1, 0.15) is 32.0 Å². The Morgan fingerprint density at radius 3 is 2.81 bits per heavy atom. The molecular formula is C13H25N5O2S. The summed E-state index contributed by atoms with van der Waals surface area (Å²) in [5, 5.41) is 3.41. The minimum Gasteiger partial charge on any atom is -0.347 e. The fourth-order valence-electron chi connectivity index (χ4n) is 2.48. The van der Waals surface area contributed by atoms with Crippen molar-refractivity contribution in [3.63, 3.8) is 0 Å². The summed E-state index contributed by atoms with van der Waals surface area (Å²) in [5.41, 5.74) is 0. The molecule has 1 saturated heterocycles. The average molecular weight is 315 g/mol. The monoisotopic (exact) mass is 315 g/mol. The Kier molecular flexibility index (Phi) is 6.16. The number of nitrogens with one attached hydrogen (secondary N) is 3. The molecule has 21 heavy (non-hydrogen) atoms. The minimum absolute atomic E-state index is 0.202. The molecule has 1 aromatic rings. The topological polar surface area (TPSA) is 90.1 Å². The fraction of sp³-hybridized carbons (Fsp3) is 0.769. The molecule has 0 aromatic carbocycles. The van der Waals surface area contributed by atoms with Crippen molar-refractivity contribution in [3.8, 4) is 0 Å². The number of imidazole rings is 1. The highest BCUT2D eigenvalue weighted by molar-refractivity contribution is 7.87. The smallest absolute Gasteiger partial charge is 0.279 e. The summed E-state index contributed by atoms with van der Waals surface area (Å²) in [7, 11) is -3.41. The summed E-state index contributed by atoms with van der Waals surface area (Å²) >= 11 is 0. The first-order valence-electron chi connectivity index (χ1n) is 7.55. The van der Waals surface area contributed by atoms with Gasteiger partial charge in [0.2, 0.25) is 0 Å². The van der Waals surface area contributed by atoms with Crippen LogP contribution >= 0.6 is 0 Å². The predicted molar refractivity (Wildman–Crippen MR) is 81.8 cm³/mol. The Hall–Kier alpha value is -0.960. The molecule has 0 amide bonds. The molecule has 0 spiro atoms. The van der Waals surface area contributed by atoms with Crippen molar-refractivity contribution in [2.45, 2.75) is 32.7 Å². The standard InChI is InChI=1S/C13H25N5O2S/c1-2-5-14-10-12-3-8-18(9-4-12)21(19,20)17-11-13-15-6-7-16-13/h6-7,12,14,17H,2-5,8-11H2,1H3,(H,15,16). The Balaban J connectivity index is 1.75. The van der Waals surface area contributed by atoms with Gasteiger partial charge in [-0.1, -0.05) is 6.92 Å².